The number of nitrogens with zero attached hydrogens (tertiary/aromatic N) is 2. The third-order valence-corrected chi connectivity index (χ3v) is 8.37. The highest BCUT2D eigenvalue weighted by Crippen LogP contribution is 2.58. The molecule has 0 bridgehead atoms. The molecule has 1 aromatic carbocycles. The molecule has 2 heterocycles. The lowest BCUT2D eigenvalue weighted by Gasteiger charge is -2.29. The molecule has 0 aliphatic carbocycles. The third kappa shape index (κ3) is 4.16. The van der Waals surface area contributed by atoms with E-state index in [1.165, 1.54) is 36.1 Å². The molecule has 2 nitrogen and oxygen atoms in total. The normalized spacial score (nSPS) is 24.2. The molecular weight excluding hydrogens is 320 g/mol. The van der Waals surface area contributed by atoms with Gasteiger partial charge in [-0.1, -0.05) is 49.6 Å². The monoisotopic (exact) mass is 346 g/mol. The van der Waals surface area contributed by atoms with Crippen LogP contribution in [0.3, 0.4) is 0 Å². The lowest BCUT2D eigenvalue weighted by molar-refractivity contribution is 0.613. The summed E-state index contributed by atoms with van der Waals surface area (Å²) in [5, 5.41) is 0.795. The van der Waals surface area contributed by atoms with E-state index in [-0.39, 0.29) is 4.08 Å². The van der Waals surface area contributed by atoms with E-state index in [2.05, 4.69) is 77.4 Å². The number of aromatic nitrogens is 2. The Morgan fingerprint density at radius 2 is 2.13 bits per heavy atom. The number of imidazole rings is 1. The van der Waals surface area contributed by atoms with Crippen molar-refractivity contribution >= 4 is 23.5 Å². The molecular formula is C19H26N2S2. The van der Waals surface area contributed by atoms with E-state index >= 15 is 0 Å². The summed E-state index contributed by atoms with van der Waals surface area (Å²) >= 11 is 4.37. The summed E-state index contributed by atoms with van der Waals surface area (Å²) in [6.45, 7) is 5.49. The van der Waals surface area contributed by atoms with Gasteiger partial charge in [-0.3, -0.25) is 0 Å². The minimum Gasteiger partial charge on any atom is -0.337 e. The molecule has 0 spiro atoms. The van der Waals surface area contributed by atoms with Crippen LogP contribution in [-0.4, -0.2) is 20.6 Å². The standard InChI is InChI=1S/C19H26N2S2/c1-3-4-5-18-14-22-19(23-18,10-12-21-13-11-20-15-21)17-8-6-16(2)7-9-17/h6-9,11,13,15,18H,3-5,10,12,14H2,1-2H3. The number of aryl methyl sites for hydroxylation is 2. The molecule has 0 amide bonds. The zero-order valence-corrected chi connectivity index (χ0v) is 15.7. The molecule has 0 radical (unpaired) electrons. The molecule has 1 saturated heterocycles. The molecule has 2 atom stereocenters. The third-order valence-electron chi connectivity index (χ3n) is 4.49. The van der Waals surface area contributed by atoms with Crippen LogP contribution in [0.1, 0.15) is 43.7 Å². The summed E-state index contributed by atoms with van der Waals surface area (Å²) in [6, 6.07) is 9.19. The van der Waals surface area contributed by atoms with Gasteiger partial charge in [0.05, 0.1) is 10.4 Å². The summed E-state index contributed by atoms with van der Waals surface area (Å²) in [5.74, 6) is 1.28. The Hall–Kier alpha value is -0.870. The van der Waals surface area contributed by atoms with Crippen molar-refractivity contribution < 1.29 is 0 Å². The Balaban J connectivity index is 1.77. The fourth-order valence-electron chi connectivity index (χ4n) is 3.07. The average Bonchev–Trinajstić information content (AvgIpc) is 3.22. The van der Waals surface area contributed by atoms with Crippen molar-refractivity contribution in [2.45, 2.75) is 55.4 Å². The van der Waals surface area contributed by atoms with Crippen molar-refractivity contribution in [3.8, 4) is 0 Å². The first-order valence-corrected chi connectivity index (χ1v) is 10.4. The van der Waals surface area contributed by atoms with Gasteiger partial charge < -0.3 is 4.57 Å². The van der Waals surface area contributed by atoms with E-state index in [0.29, 0.717) is 0 Å². The minimum absolute atomic E-state index is 0.205. The number of benzene rings is 1. The van der Waals surface area contributed by atoms with Gasteiger partial charge in [0.15, 0.2) is 0 Å². The number of thioether (sulfide) groups is 2. The van der Waals surface area contributed by atoms with Gasteiger partial charge in [-0.25, -0.2) is 4.98 Å². The van der Waals surface area contributed by atoms with E-state index in [9.17, 15) is 0 Å². The smallest absolute Gasteiger partial charge is 0.0945 e. The maximum Gasteiger partial charge on any atom is 0.0945 e. The van der Waals surface area contributed by atoms with Gasteiger partial charge in [0, 0.05) is 29.9 Å². The predicted molar refractivity (Wildman–Crippen MR) is 103 cm³/mol. The van der Waals surface area contributed by atoms with Crippen LogP contribution in [0.5, 0.6) is 0 Å². The fraction of sp³-hybridized carbons (Fsp3) is 0.526. The maximum absolute atomic E-state index is 4.18. The number of hydrogen-bond donors (Lipinski definition) is 0. The summed E-state index contributed by atoms with van der Waals surface area (Å²) in [7, 11) is 0. The first-order chi connectivity index (χ1) is 11.2. The molecule has 4 heteroatoms. The van der Waals surface area contributed by atoms with E-state index in [0.717, 1.165) is 18.2 Å². The van der Waals surface area contributed by atoms with Gasteiger partial charge >= 0.3 is 0 Å². The summed E-state index contributed by atoms with van der Waals surface area (Å²) < 4.78 is 2.41. The Kier molecular flexibility index (Phi) is 5.76. The zero-order chi connectivity index (χ0) is 16.1. The first kappa shape index (κ1) is 17.0. The van der Waals surface area contributed by atoms with Crippen molar-refractivity contribution in [2.75, 3.05) is 5.75 Å². The molecule has 1 aromatic heterocycles. The Bertz CT molecular complexity index is 594. The van der Waals surface area contributed by atoms with Gasteiger partial charge in [0.2, 0.25) is 0 Å². The molecule has 1 aliphatic rings. The molecule has 0 saturated carbocycles. The van der Waals surface area contributed by atoms with Crippen LogP contribution < -0.4 is 0 Å². The summed E-state index contributed by atoms with van der Waals surface area (Å²) in [6.07, 6.45) is 11.0. The van der Waals surface area contributed by atoms with Crippen LogP contribution in [0.2, 0.25) is 0 Å². The van der Waals surface area contributed by atoms with Crippen molar-refractivity contribution in [2.24, 2.45) is 0 Å². The second-order valence-corrected chi connectivity index (χ2v) is 9.54. The van der Waals surface area contributed by atoms with Crippen molar-refractivity contribution in [3.05, 3.63) is 54.1 Å². The van der Waals surface area contributed by atoms with Crippen LogP contribution in [0.15, 0.2) is 43.0 Å². The molecule has 2 aromatic rings. The van der Waals surface area contributed by atoms with E-state index in [1.54, 1.807) is 0 Å². The SMILES string of the molecule is CCCCC1CSC(CCn2ccnc2)(c2ccc(C)cc2)S1. The number of unbranched alkanes of at least 4 members (excludes halogenated alkanes) is 1. The fourth-order valence-corrected chi connectivity index (χ4v) is 6.89. The van der Waals surface area contributed by atoms with Crippen molar-refractivity contribution in [1.29, 1.82) is 0 Å². The summed E-state index contributed by atoms with van der Waals surface area (Å²) in [5.41, 5.74) is 2.83. The predicted octanol–water partition coefficient (Wildman–Crippen LogP) is 5.47. The second kappa shape index (κ2) is 7.80. The van der Waals surface area contributed by atoms with Crippen LogP contribution in [0.25, 0.3) is 0 Å². The quantitative estimate of drug-likeness (QED) is 0.662. The second-order valence-electron chi connectivity index (χ2n) is 6.36. The molecule has 1 fully saturated rings. The molecule has 0 N–H and O–H groups in total. The van der Waals surface area contributed by atoms with Crippen LogP contribution in [0, 0.1) is 6.92 Å². The lowest BCUT2D eigenvalue weighted by atomic mass is 10.1. The maximum atomic E-state index is 4.18. The highest BCUT2D eigenvalue weighted by molar-refractivity contribution is 8.21. The van der Waals surface area contributed by atoms with Crippen LogP contribution in [-0.2, 0) is 10.6 Å². The van der Waals surface area contributed by atoms with Gasteiger partial charge in [0.25, 0.3) is 0 Å². The molecule has 2 unspecified atom stereocenters. The Morgan fingerprint density at radius 3 is 2.83 bits per heavy atom. The first-order valence-electron chi connectivity index (χ1n) is 8.56. The van der Waals surface area contributed by atoms with E-state index < -0.39 is 0 Å². The van der Waals surface area contributed by atoms with E-state index in [4.69, 9.17) is 0 Å². The lowest BCUT2D eigenvalue weighted by Crippen LogP contribution is -2.18. The topological polar surface area (TPSA) is 17.8 Å². The average molecular weight is 347 g/mol. The Morgan fingerprint density at radius 1 is 1.30 bits per heavy atom. The molecule has 1 aliphatic heterocycles. The largest absolute Gasteiger partial charge is 0.337 e. The van der Waals surface area contributed by atoms with Gasteiger partial charge in [-0.2, -0.15) is 0 Å². The van der Waals surface area contributed by atoms with Crippen LogP contribution in [0.4, 0.5) is 0 Å². The molecule has 124 valence electrons. The van der Waals surface area contributed by atoms with Gasteiger partial charge in [0.1, 0.15) is 0 Å². The van der Waals surface area contributed by atoms with Crippen molar-refractivity contribution in [3.63, 3.8) is 0 Å². The van der Waals surface area contributed by atoms with Crippen molar-refractivity contribution in [1.82, 2.24) is 9.55 Å². The van der Waals surface area contributed by atoms with Crippen LogP contribution >= 0.6 is 23.5 Å². The molecule has 23 heavy (non-hydrogen) atoms. The molecule has 3 rings (SSSR count). The number of rotatable bonds is 7. The minimum atomic E-state index is 0.205. The van der Waals surface area contributed by atoms with Gasteiger partial charge in [-0.05, 0) is 25.3 Å². The highest BCUT2D eigenvalue weighted by atomic mass is 32.2. The number of hydrogen-bond acceptors (Lipinski definition) is 3. The summed E-state index contributed by atoms with van der Waals surface area (Å²) in [4.78, 5) is 4.18. The Labute approximate surface area is 148 Å². The van der Waals surface area contributed by atoms with E-state index in [1.807, 2.05) is 12.5 Å². The highest BCUT2D eigenvalue weighted by Gasteiger charge is 2.41. The van der Waals surface area contributed by atoms with Gasteiger partial charge in [-0.15, -0.1) is 23.5 Å². The zero-order valence-electron chi connectivity index (χ0n) is 14.1.